The van der Waals surface area contributed by atoms with Gasteiger partial charge in [0.1, 0.15) is 0 Å². The lowest BCUT2D eigenvalue weighted by Gasteiger charge is -2.07. The molecule has 0 amide bonds. The van der Waals surface area contributed by atoms with E-state index in [-0.39, 0.29) is 5.92 Å². The zero-order valence-corrected chi connectivity index (χ0v) is 14.6. The van der Waals surface area contributed by atoms with E-state index in [1.165, 1.54) is 11.8 Å². The smallest absolute Gasteiger partial charge is 0.313 e. The summed E-state index contributed by atoms with van der Waals surface area (Å²) in [7, 11) is 0. The summed E-state index contributed by atoms with van der Waals surface area (Å²) in [4.78, 5) is 32.6. The van der Waals surface area contributed by atoms with Gasteiger partial charge in [0.15, 0.2) is 5.65 Å². The fourth-order valence-electron chi connectivity index (χ4n) is 3.66. The summed E-state index contributed by atoms with van der Waals surface area (Å²) in [6, 6.07) is 11.6. The van der Waals surface area contributed by atoms with E-state index in [1.807, 2.05) is 30.3 Å². The third kappa shape index (κ3) is 2.61. The summed E-state index contributed by atoms with van der Waals surface area (Å²) in [5, 5.41) is 13.4. The van der Waals surface area contributed by atoms with E-state index in [0.29, 0.717) is 22.7 Å². The summed E-state index contributed by atoms with van der Waals surface area (Å²) in [6.07, 6.45) is 5.74. The SMILES string of the molecule is N#Cc1ccc([C@H]2C[C@@H]2c2cc(-c3c[nH]c(=O)[nH]c3=O)nn3ccnc23)cc1. The Morgan fingerprint density at radius 3 is 2.75 bits per heavy atom. The topological polar surface area (TPSA) is 120 Å². The molecule has 4 aromatic rings. The lowest BCUT2D eigenvalue weighted by atomic mass is 10.0. The fraction of sp³-hybridized carbons (Fsp3) is 0.150. The van der Waals surface area contributed by atoms with Crippen molar-refractivity contribution in [3.05, 3.63) is 86.5 Å². The van der Waals surface area contributed by atoms with Crippen LogP contribution in [0.25, 0.3) is 16.9 Å². The van der Waals surface area contributed by atoms with Crippen LogP contribution < -0.4 is 11.2 Å². The molecule has 3 heterocycles. The van der Waals surface area contributed by atoms with Crippen molar-refractivity contribution in [2.24, 2.45) is 0 Å². The number of hydrogen-bond donors (Lipinski definition) is 2. The molecule has 2 atom stereocenters. The van der Waals surface area contributed by atoms with Crippen LogP contribution in [-0.2, 0) is 0 Å². The van der Waals surface area contributed by atoms with Crippen LogP contribution in [0.3, 0.4) is 0 Å². The number of hydrogen-bond acceptors (Lipinski definition) is 5. The first-order valence-electron chi connectivity index (χ1n) is 8.81. The highest BCUT2D eigenvalue weighted by atomic mass is 16.2. The molecule has 0 bridgehead atoms. The minimum Gasteiger partial charge on any atom is -0.313 e. The Morgan fingerprint density at radius 1 is 1.18 bits per heavy atom. The minimum atomic E-state index is -0.555. The Balaban J connectivity index is 1.58. The molecule has 1 aliphatic carbocycles. The molecule has 1 saturated carbocycles. The monoisotopic (exact) mass is 370 g/mol. The first-order chi connectivity index (χ1) is 13.6. The van der Waals surface area contributed by atoms with Crippen molar-refractivity contribution in [3.63, 3.8) is 0 Å². The highest BCUT2D eigenvalue weighted by molar-refractivity contribution is 5.63. The number of aromatic nitrogens is 5. The number of H-pyrrole nitrogens is 2. The van der Waals surface area contributed by atoms with Gasteiger partial charge >= 0.3 is 5.69 Å². The van der Waals surface area contributed by atoms with Gasteiger partial charge in [0.2, 0.25) is 0 Å². The molecule has 0 radical (unpaired) electrons. The predicted octanol–water partition coefficient (Wildman–Crippen LogP) is 1.92. The van der Waals surface area contributed by atoms with Crippen molar-refractivity contribution in [2.45, 2.75) is 18.3 Å². The Kier molecular flexibility index (Phi) is 3.49. The van der Waals surface area contributed by atoms with Gasteiger partial charge < -0.3 is 4.98 Å². The van der Waals surface area contributed by atoms with Gasteiger partial charge in [-0.1, -0.05) is 12.1 Å². The molecule has 0 aliphatic heterocycles. The lowest BCUT2D eigenvalue weighted by molar-refractivity contribution is 0.906. The van der Waals surface area contributed by atoms with Crippen LogP contribution in [0, 0.1) is 11.3 Å². The van der Waals surface area contributed by atoms with Crippen LogP contribution in [-0.4, -0.2) is 24.6 Å². The average Bonchev–Trinajstić information content (AvgIpc) is 3.36. The van der Waals surface area contributed by atoms with Gasteiger partial charge in [-0.3, -0.25) is 9.78 Å². The van der Waals surface area contributed by atoms with Crippen LogP contribution in [0.2, 0.25) is 0 Å². The van der Waals surface area contributed by atoms with Crippen LogP contribution >= 0.6 is 0 Å². The third-order valence-corrected chi connectivity index (χ3v) is 5.14. The molecule has 5 rings (SSSR count). The molecule has 0 saturated heterocycles. The Bertz CT molecular complexity index is 1360. The van der Waals surface area contributed by atoms with Gasteiger partial charge in [0.25, 0.3) is 5.56 Å². The summed E-state index contributed by atoms with van der Waals surface area (Å²) >= 11 is 0. The van der Waals surface area contributed by atoms with Crippen molar-refractivity contribution in [1.29, 1.82) is 5.26 Å². The highest BCUT2D eigenvalue weighted by Gasteiger charge is 2.41. The quantitative estimate of drug-likeness (QED) is 0.571. The summed E-state index contributed by atoms with van der Waals surface area (Å²) in [6.45, 7) is 0. The lowest BCUT2D eigenvalue weighted by Crippen LogP contribution is -2.23. The molecular weight excluding hydrogens is 356 g/mol. The molecule has 136 valence electrons. The van der Waals surface area contributed by atoms with Gasteiger partial charge in [-0.2, -0.15) is 10.4 Å². The van der Waals surface area contributed by atoms with Crippen LogP contribution in [0.1, 0.15) is 34.9 Å². The first kappa shape index (κ1) is 16.2. The third-order valence-electron chi connectivity index (χ3n) is 5.14. The molecule has 8 nitrogen and oxygen atoms in total. The molecule has 1 fully saturated rings. The van der Waals surface area contributed by atoms with Gasteiger partial charge in [-0.05, 0) is 42.0 Å². The van der Waals surface area contributed by atoms with Gasteiger partial charge in [-0.25, -0.2) is 14.3 Å². The average molecular weight is 370 g/mol. The van der Waals surface area contributed by atoms with Crippen LogP contribution in [0.4, 0.5) is 0 Å². The second-order valence-corrected chi connectivity index (χ2v) is 6.85. The number of nitrogens with one attached hydrogen (secondary N) is 2. The van der Waals surface area contributed by atoms with Crippen molar-refractivity contribution in [1.82, 2.24) is 24.6 Å². The number of nitriles is 1. The molecular formula is C20H14N6O2. The Morgan fingerprint density at radius 2 is 2.00 bits per heavy atom. The molecule has 8 heteroatoms. The van der Waals surface area contributed by atoms with E-state index in [1.54, 1.807) is 16.9 Å². The zero-order chi connectivity index (χ0) is 19.3. The van der Waals surface area contributed by atoms with Crippen LogP contribution in [0.5, 0.6) is 0 Å². The van der Waals surface area contributed by atoms with E-state index >= 15 is 0 Å². The zero-order valence-electron chi connectivity index (χ0n) is 14.6. The number of fused-ring (bicyclic) bond motifs is 1. The molecule has 2 N–H and O–H groups in total. The molecule has 1 aliphatic rings. The normalized spacial score (nSPS) is 18.1. The van der Waals surface area contributed by atoms with E-state index in [2.05, 4.69) is 26.1 Å². The number of rotatable bonds is 3. The minimum absolute atomic E-state index is 0.251. The molecule has 0 spiro atoms. The standard InChI is InChI=1S/C20H14N6O2/c21-9-11-1-3-12(4-2-11)13-7-14(13)15-8-17(25-26-6-5-22-18(15)26)16-10-23-20(28)24-19(16)27/h1-6,8,10,13-14H,7H2,(H2,23,24,27,28)/t13-,14+/m1/s1. The second-order valence-electron chi connectivity index (χ2n) is 6.85. The van der Waals surface area contributed by atoms with Crippen molar-refractivity contribution in [3.8, 4) is 17.3 Å². The number of aromatic amines is 2. The Hall–Kier alpha value is -3.99. The highest BCUT2D eigenvalue weighted by Crippen LogP contribution is 2.55. The number of nitrogens with zero attached hydrogens (tertiary/aromatic N) is 4. The van der Waals surface area contributed by atoms with Gasteiger partial charge in [0.05, 0.1) is 22.9 Å². The van der Waals surface area contributed by atoms with E-state index in [4.69, 9.17) is 5.26 Å². The maximum Gasteiger partial charge on any atom is 0.325 e. The molecule has 3 aromatic heterocycles. The maximum atomic E-state index is 12.2. The number of benzene rings is 1. The largest absolute Gasteiger partial charge is 0.325 e. The Labute approximate surface area is 158 Å². The molecule has 28 heavy (non-hydrogen) atoms. The summed E-state index contributed by atoms with van der Waals surface area (Å²) < 4.78 is 1.66. The predicted molar refractivity (Wildman–Crippen MR) is 101 cm³/mol. The van der Waals surface area contributed by atoms with E-state index in [9.17, 15) is 9.59 Å². The summed E-state index contributed by atoms with van der Waals surface area (Å²) in [5.41, 5.74) is 3.31. The van der Waals surface area contributed by atoms with E-state index < -0.39 is 11.2 Å². The summed E-state index contributed by atoms with van der Waals surface area (Å²) in [5.74, 6) is 0.582. The van der Waals surface area contributed by atoms with Crippen molar-refractivity contribution < 1.29 is 0 Å². The molecule has 1 aromatic carbocycles. The number of imidazole rings is 1. The van der Waals surface area contributed by atoms with Crippen LogP contribution in [0.15, 0.2) is 58.5 Å². The second kappa shape index (κ2) is 6.03. The maximum absolute atomic E-state index is 12.2. The van der Waals surface area contributed by atoms with Gasteiger partial charge in [-0.15, -0.1) is 0 Å². The first-order valence-corrected chi connectivity index (χ1v) is 8.81. The van der Waals surface area contributed by atoms with Crippen molar-refractivity contribution >= 4 is 5.65 Å². The molecule has 0 unspecified atom stereocenters. The van der Waals surface area contributed by atoms with Crippen molar-refractivity contribution in [2.75, 3.05) is 0 Å². The van der Waals surface area contributed by atoms with E-state index in [0.717, 1.165) is 17.6 Å². The fourth-order valence-corrected chi connectivity index (χ4v) is 3.66. The van der Waals surface area contributed by atoms with Gasteiger partial charge in [0, 0.05) is 24.2 Å².